The van der Waals surface area contributed by atoms with Crippen LogP contribution in [0.25, 0.3) is 11.1 Å². The van der Waals surface area contributed by atoms with Gasteiger partial charge < -0.3 is 10.6 Å². The Morgan fingerprint density at radius 3 is 2.43 bits per heavy atom. The van der Waals surface area contributed by atoms with Gasteiger partial charge in [0.2, 0.25) is 5.91 Å². The van der Waals surface area contributed by atoms with Gasteiger partial charge in [-0.1, -0.05) is 12.1 Å². The van der Waals surface area contributed by atoms with E-state index in [-0.39, 0.29) is 17.6 Å². The molecular weight excluding hydrogens is 291 g/mol. The third-order valence-electron chi connectivity index (χ3n) is 2.81. The van der Waals surface area contributed by atoms with Crippen LogP contribution in [-0.2, 0) is 4.79 Å². The van der Waals surface area contributed by atoms with Gasteiger partial charge in [0.15, 0.2) is 0 Å². The van der Waals surface area contributed by atoms with Crippen LogP contribution in [0.3, 0.4) is 0 Å². The van der Waals surface area contributed by atoms with Crippen molar-refractivity contribution in [3.05, 3.63) is 46.4 Å². The fourth-order valence-electron chi connectivity index (χ4n) is 1.84. The molecule has 21 heavy (non-hydrogen) atoms. The summed E-state index contributed by atoms with van der Waals surface area (Å²) < 4.78 is 12.9. The van der Waals surface area contributed by atoms with E-state index in [4.69, 9.17) is 0 Å². The van der Waals surface area contributed by atoms with Gasteiger partial charge in [-0.05, 0) is 29.1 Å². The number of hydrogen-bond donors (Lipinski definition) is 2. The van der Waals surface area contributed by atoms with E-state index in [2.05, 4.69) is 10.6 Å². The van der Waals surface area contributed by atoms with Gasteiger partial charge in [-0.15, -0.1) is 11.3 Å². The Balaban J connectivity index is 2.04. The van der Waals surface area contributed by atoms with Crippen molar-refractivity contribution in [2.24, 2.45) is 0 Å². The van der Waals surface area contributed by atoms with Gasteiger partial charge in [0.25, 0.3) is 5.91 Å². The molecule has 0 fully saturated rings. The molecule has 0 spiro atoms. The summed E-state index contributed by atoms with van der Waals surface area (Å²) in [6.45, 7) is 2.17. The number of amides is 2. The zero-order valence-electron chi connectivity index (χ0n) is 11.5. The lowest BCUT2D eigenvalue weighted by Crippen LogP contribution is -2.33. The number of benzene rings is 1. The van der Waals surface area contributed by atoms with Crippen molar-refractivity contribution in [2.45, 2.75) is 6.92 Å². The second-order valence-electron chi connectivity index (χ2n) is 4.41. The molecule has 0 atom stereocenters. The minimum atomic E-state index is -0.310. The van der Waals surface area contributed by atoms with Crippen molar-refractivity contribution >= 4 is 23.2 Å². The quantitative estimate of drug-likeness (QED) is 0.834. The molecule has 0 aliphatic carbocycles. The third kappa shape index (κ3) is 4.13. The summed E-state index contributed by atoms with van der Waals surface area (Å²) in [6.07, 6.45) is 0. The molecule has 2 aromatic rings. The molecule has 1 aromatic heterocycles. The zero-order chi connectivity index (χ0) is 15.2. The summed E-state index contributed by atoms with van der Waals surface area (Å²) in [7, 11) is 0. The Morgan fingerprint density at radius 1 is 1.10 bits per heavy atom. The van der Waals surface area contributed by atoms with Crippen LogP contribution < -0.4 is 10.6 Å². The van der Waals surface area contributed by atoms with Crippen molar-refractivity contribution in [2.75, 3.05) is 13.1 Å². The third-order valence-corrected chi connectivity index (χ3v) is 3.72. The van der Waals surface area contributed by atoms with Gasteiger partial charge in [0, 0.05) is 25.6 Å². The molecule has 0 radical (unpaired) electrons. The smallest absolute Gasteiger partial charge is 0.262 e. The van der Waals surface area contributed by atoms with Gasteiger partial charge in [0.05, 0.1) is 4.88 Å². The van der Waals surface area contributed by atoms with Crippen molar-refractivity contribution in [1.29, 1.82) is 0 Å². The predicted octanol–water partition coefficient (Wildman–Crippen LogP) is 2.42. The van der Waals surface area contributed by atoms with E-state index in [1.807, 2.05) is 11.4 Å². The average Bonchev–Trinajstić information content (AvgIpc) is 2.93. The lowest BCUT2D eigenvalue weighted by Gasteiger charge is -2.07. The summed E-state index contributed by atoms with van der Waals surface area (Å²) in [5.74, 6) is -0.641. The van der Waals surface area contributed by atoms with Crippen LogP contribution in [0.4, 0.5) is 4.39 Å². The molecule has 110 valence electrons. The van der Waals surface area contributed by atoms with Gasteiger partial charge >= 0.3 is 0 Å². The second kappa shape index (κ2) is 6.99. The first-order chi connectivity index (χ1) is 10.1. The summed E-state index contributed by atoms with van der Waals surface area (Å²) in [5.41, 5.74) is 1.57. The lowest BCUT2D eigenvalue weighted by atomic mass is 10.1. The van der Waals surface area contributed by atoms with Gasteiger partial charge in [-0.3, -0.25) is 9.59 Å². The molecule has 0 bridgehead atoms. The Labute approximate surface area is 126 Å². The largest absolute Gasteiger partial charge is 0.355 e. The minimum Gasteiger partial charge on any atom is -0.355 e. The molecule has 2 amide bonds. The van der Waals surface area contributed by atoms with Crippen LogP contribution in [0, 0.1) is 5.82 Å². The number of thiophene rings is 1. The van der Waals surface area contributed by atoms with Crippen molar-refractivity contribution in [1.82, 2.24) is 10.6 Å². The predicted molar refractivity (Wildman–Crippen MR) is 80.7 cm³/mol. The van der Waals surface area contributed by atoms with Crippen molar-refractivity contribution < 1.29 is 14.0 Å². The lowest BCUT2D eigenvalue weighted by molar-refractivity contribution is -0.118. The number of nitrogens with one attached hydrogen (secondary N) is 2. The molecule has 0 aliphatic heterocycles. The summed E-state index contributed by atoms with van der Waals surface area (Å²) >= 11 is 1.33. The summed E-state index contributed by atoms with van der Waals surface area (Å²) in [6, 6.07) is 7.86. The first kappa shape index (κ1) is 15.2. The Bertz CT molecular complexity index is 637. The fourth-order valence-corrected chi connectivity index (χ4v) is 2.67. The highest BCUT2D eigenvalue weighted by atomic mass is 32.1. The van der Waals surface area contributed by atoms with Crippen LogP contribution >= 0.6 is 11.3 Å². The summed E-state index contributed by atoms with van der Waals surface area (Å²) in [5, 5.41) is 7.17. The minimum absolute atomic E-state index is 0.132. The second-order valence-corrected chi connectivity index (χ2v) is 5.33. The van der Waals surface area contributed by atoms with Crippen LogP contribution in [-0.4, -0.2) is 24.9 Å². The maximum absolute atomic E-state index is 12.9. The van der Waals surface area contributed by atoms with E-state index < -0.39 is 0 Å². The van der Waals surface area contributed by atoms with Gasteiger partial charge in [0.1, 0.15) is 5.82 Å². The first-order valence-electron chi connectivity index (χ1n) is 6.44. The highest BCUT2D eigenvalue weighted by Crippen LogP contribution is 2.28. The number of halogens is 1. The monoisotopic (exact) mass is 306 g/mol. The molecule has 0 saturated carbocycles. The normalized spacial score (nSPS) is 10.2. The SMILES string of the molecule is CC(=O)NCCNC(=O)c1sccc1-c1ccc(F)cc1. The van der Waals surface area contributed by atoms with Crippen LogP contribution in [0.2, 0.25) is 0 Å². The molecule has 0 unspecified atom stereocenters. The number of rotatable bonds is 5. The maximum atomic E-state index is 12.9. The highest BCUT2D eigenvalue weighted by molar-refractivity contribution is 7.12. The van der Waals surface area contributed by atoms with Gasteiger partial charge in [-0.25, -0.2) is 4.39 Å². The molecule has 0 saturated heterocycles. The van der Waals surface area contributed by atoms with E-state index in [9.17, 15) is 14.0 Å². The molecule has 1 aromatic carbocycles. The molecule has 6 heteroatoms. The van der Waals surface area contributed by atoms with E-state index in [0.717, 1.165) is 11.1 Å². The molecule has 2 N–H and O–H groups in total. The Morgan fingerprint density at radius 2 is 1.76 bits per heavy atom. The van der Waals surface area contributed by atoms with Crippen LogP contribution in [0.15, 0.2) is 35.7 Å². The molecule has 1 heterocycles. The van der Waals surface area contributed by atoms with Gasteiger partial charge in [-0.2, -0.15) is 0 Å². The Hall–Kier alpha value is -2.21. The van der Waals surface area contributed by atoms with E-state index in [1.54, 1.807) is 12.1 Å². The van der Waals surface area contributed by atoms with Crippen molar-refractivity contribution in [3.8, 4) is 11.1 Å². The van der Waals surface area contributed by atoms with E-state index in [0.29, 0.717) is 18.0 Å². The van der Waals surface area contributed by atoms with Crippen LogP contribution in [0.1, 0.15) is 16.6 Å². The maximum Gasteiger partial charge on any atom is 0.262 e. The standard InChI is InChI=1S/C15H15FN2O2S/c1-10(19)17-7-8-18-15(20)14-13(6-9-21-14)11-2-4-12(16)5-3-11/h2-6,9H,7-8H2,1H3,(H,17,19)(H,18,20). The molecule has 4 nitrogen and oxygen atoms in total. The van der Waals surface area contributed by atoms with Crippen LogP contribution in [0.5, 0.6) is 0 Å². The molecule has 0 aliphatic rings. The van der Waals surface area contributed by atoms with E-state index >= 15 is 0 Å². The van der Waals surface area contributed by atoms with Crippen molar-refractivity contribution in [3.63, 3.8) is 0 Å². The molecular formula is C15H15FN2O2S. The average molecular weight is 306 g/mol. The number of carbonyl (C=O) groups is 2. The highest BCUT2D eigenvalue weighted by Gasteiger charge is 2.14. The number of carbonyl (C=O) groups excluding carboxylic acids is 2. The Kier molecular flexibility index (Phi) is 5.05. The fraction of sp³-hybridized carbons (Fsp3) is 0.200. The first-order valence-corrected chi connectivity index (χ1v) is 7.32. The zero-order valence-corrected chi connectivity index (χ0v) is 12.3. The van der Waals surface area contributed by atoms with E-state index in [1.165, 1.54) is 30.4 Å². The molecule has 2 rings (SSSR count). The number of hydrogen-bond acceptors (Lipinski definition) is 3. The topological polar surface area (TPSA) is 58.2 Å². The summed E-state index contributed by atoms with van der Waals surface area (Å²) in [4.78, 5) is 23.4.